The minimum atomic E-state index is -2.50. The summed E-state index contributed by atoms with van der Waals surface area (Å²) in [5.41, 5.74) is 1.52. The number of fused-ring (bicyclic) bond motifs is 5. The largest absolute Gasteiger partial charge is 0.461 e. The number of benzene rings is 1. The summed E-state index contributed by atoms with van der Waals surface area (Å²) >= 11 is 0. The Hall–Kier alpha value is -3.51. The molecule has 4 aromatic rings. The van der Waals surface area contributed by atoms with Crippen LogP contribution in [0.1, 0.15) is 44.1 Å². The first kappa shape index (κ1) is 26.1. The first-order chi connectivity index (χ1) is 20.3. The molecule has 2 atom stereocenters. The van der Waals surface area contributed by atoms with Crippen molar-refractivity contribution in [2.24, 2.45) is 0 Å². The number of anilines is 1. The molecule has 7 heterocycles. The van der Waals surface area contributed by atoms with E-state index in [0.717, 1.165) is 44.2 Å². The molecule has 2 unspecified atom stereocenters. The Kier molecular flexibility index (Phi) is 5.91. The summed E-state index contributed by atoms with van der Waals surface area (Å²) < 4.78 is 49.9. The minimum Gasteiger partial charge on any atom is -0.461 e. The molecule has 4 fully saturated rings. The normalized spacial score (nSPS) is 25.3. The van der Waals surface area contributed by atoms with Gasteiger partial charge in [-0.25, -0.2) is 13.2 Å². The number of pyridine rings is 1. The third-order valence-corrected chi connectivity index (χ3v) is 10.1. The van der Waals surface area contributed by atoms with E-state index < -0.39 is 12.0 Å². The van der Waals surface area contributed by atoms with Crippen LogP contribution in [0.2, 0.25) is 0 Å². The van der Waals surface area contributed by atoms with E-state index in [-0.39, 0.29) is 30.0 Å². The Morgan fingerprint density at radius 1 is 1.10 bits per heavy atom. The van der Waals surface area contributed by atoms with Crippen LogP contribution in [0.15, 0.2) is 24.5 Å². The number of halogens is 3. The molecule has 3 aromatic heterocycles. The number of nitrogens with zero attached hydrogens (tertiary/aromatic N) is 6. The maximum atomic E-state index is 14.9. The summed E-state index contributed by atoms with van der Waals surface area (Å²) in [5.74, 6) is 0.186. The molecule has 0 saturated carbocycles. The van der Waals surface area contributed by atoms with Crippen molar-refractivity contribution >= 4 is 27.6 Å². The molecular formula is C30H33F3N8O. The molecule has 2 N–H and O–H groups in total. The zero-order chi connectivity index (χ0) is 28.6. The molecule has 1 aromatic carbocycles. The number of hydrogen-bond acceptors (Lipinski definition) is 8. The van der Waals surface area contributed by atoms with Gasteiger partial charge in [0.25, 0.3) is 6.43 Å². The number of alkyl halides is 2. The summed E-state index contributed by atoms with van der Waals surface area (Å²) in [6.45, 7) is 5.05. The zero-order valence-corrected chi connectivity index (χ0v) is 23.5. The second-order valence-electron chi connectivity index (χ2n) is 12.5. The molecule has 0 radical (unpaired) electrons. The first-order valence-corrected chi connectivity index (χ1v) is 14.8. The topological polar surface area (TPSA) is 95.1 Å². The SMILES string of the molecule is Cc1c(F)cc2[nH]ncc2c1-c1cc2nc(OCC34CCCN3CCC4)nc(N3CC4CCC(C(F)F)(C3)N4)c2cn1. The van der Waals surface area contributed by atoms with E-state index in [1.165, 1.54) is 6.07 Å². The molecule has 0 spiro atoms. The van der Waals surface area contributed by atoms with Gasteiger partial charge in [-0.2, -0.15) is 15.1 Å². The third kappa shape index (κ3) is 3.98. The molecule has 4 aliphatic rings. The highest BCUT2D eigenvalue weighted by molar-refractivity contribution is 5.98. The maximum absolute atomic E-state index is 14.9. The Bertz CT molecular complexity index is 1680. The van der Waals surface area contributed by atoms with Gasteiger partial charge in [-0.3, -0.25) is 15.0 Å². The zero-order valence-electron chi connectivity index (χ0n) is 23.5. The molecule has 0 amide bonds. The number of rotatable bonds is 6. The van der Waals surface area contributed by atoms with Crippen molar-refractivity contribution in [3.8, 4) is 17.3 Å². The van der Waals surface area contributed by atoms with Gasteiger partial charge in [-0.05, 0) is 76.2 Å². The first-order valence-electron chi connectivity index (χ1n) is 14.8. The molecule has 0 aliphatic carbocycles. The number of ether oxygens (including phenoxy) is 1. The lowest BCUT2D eigenvalue weighted by Gasteiger charge is -2.41. The van der Waals surface area contributed by atoms with Gasteiger partial charge in [0.05, 0.1) is 39.4 Å². The number of piperazine rings is 1. The van der Waals surface area contributed by atoms with Crippen LogP contribution < -0.4 is 15.0 Å². The predicted octanol–water partition coefficient (Wildman–Crippen LogP) is 4.60. The monoisotopic (exact) mass is 578 g/mol. The molecular weight excluding hydrogens is 545 g/mol. The second kappa shape index (κ2) is 9.50. The smallest absolute Gasteiger partial charge is 0.319 e. The summed E-state index contributed by atoms with van der Waals surface area (Å²) in [5, 5.41) is 11.5. The van der Waals surface area contributed by atoms with E-state index in [9.17, 15) is 13.2 Å². The van der Waals surface area contributed by atoms with Gasteiger partial charge in [-0.1, -0.05) is 0 Å². The van der Waals surface area contributed by atoms with Crippen molar-refractivity contribution in [2.45, 2.75) is 69.0 Å². The van der Waals surface area contributed by atoms with Crippen molar-refractivity contribution in [1.82, 2.24) is 35.4 Å². The van der Waals surface area contributed by atoms with Crippen molar-refractivity contribution in [1.29, 1.82) is 0 Å². The highest BCUT2D eigenvalue weighted by Crippen LogP contribution is 2.41. The van der Waals surface area contributed by atoms with E-state index in [1.807, 2.05) is 11.0 Å². The molecule has 42 heavy (non-hydrogen) atoms. The van der Waals surface area contributed by atoms with Crippen LogP contribution in [-0.4, -0.2) is 86.4 Å². The van der Waals surface area contributed by atoms with Gasteiger partial charge in [0.15, 0.2) is 0 Å². The van der Waals surface area contributed by atoms with Gasteiger partial charge in [0, 0.05) is 36.3 Å². The second-order valence-corrected chi connectivity index (χ2v) is 12.5. The molecule has 2 bridgehead atoms. The fourth-order valence-corrected chi connectivity index (χ4v) is 7.90. The lowest BCUT2D eigenvalue weighted by molar-refractivity contribution is 0.0367. The Morgan fingerprint density at radius 2 is 1.93 bits per heavy atom. The average Bonchev–Trinajstić information content (AvgIpc) is 3.76. The van der Waals surface area contributed by atoms with Crippen LogP contribution in [0.5, 0.6) is 6.01 Å². The van der Waals surface area contributed by atoms with Crippen LogP contribution in [0.25, 0.3) is 33.1 Å². The van der Waals surface area contributed by atoms with Crippen molar-refractivity contribution < 1.29 is 17.9 Å². The fraction of sp³-hybridized carbons (Fsp3) is 0.533. The standard InChI is InChI=1S/C30H33F3N8O/c1-17-21(31)10-23-19(13-35-39-23)25(17)24-11-22-20(12-34-24)26(40-14-18-4-7-30(15-40,38-18)27(32)33)37-28(36-22)42-16-29-5-2-8-41(29)9-3-6-29/h10-13,18,27,38H,2-9,14-16H2,1H3,(H,35,39). The number of hydrogen-bond donors (Lipinski definition) is 2. The molecule has 220 valence electrons. The number of nitrogens with one attached hydrogen (secondary N) is 2. The van der Waals surface area contributed by atoms with E-state index in [2.05, 4.69) is 20.4 Å². The molecule has 4 saturated heterocycles. The van der Waals surface area contributed by atoms with Crippen molar-refractivity contribution in [3.05, 3.63) is 35.9 Å². The molecule has 12 heteroatoms. The van der Waals surface area contributed by atoms with Crippen LogP contribution in [0.3, 0.4) is 0 Å². The van der Waals surface area contributed by atoms with Gasteiger partial charge in [0.2, 0.25) is 0 Å². The number of aromatic amines is 1. The Labute approximate surface area is 240 Å². The molecule has 8 rings (SSSR count). The third-order valence-electron chi connectivity index (χ3n) is 10.1. The van der Waals surface area contributed by atoms with Crippen molar-refractivity contribution in [3.63, 3.8) is 0 Å². The fourth-order valence-electron chi connectivity index (χ4n) is 7.90. The minimum absolute atomic E-state index is 0.00133. The van der Waals surface area contributed by atoms with Crippen LogP contribution in [0.4, 0.5) is 19.0 Å². The van der Waals surface area contributed by atoms with Crippen LogP contribution >= 0.6 is 0 Å². The van der Waals surface area contributed by atoms with E-state index in [0.29, 0.717) is 65.1 Å². The summed E-state index contributed by atoms with van der Waals surface area (Å²) in [7, 11) is 0. The van der Waals surface area contributed by atoms with Crippen molar-refractivity contribution in [2.75, 3.05) is 37.7 Å². The Balaban J connectivity index is 1.24. The predicted molar refractivity (Wildman–Crippen MR) is 152 cm³/mol. The lowest BCUT2D eigenvalue weighted by atomic mass is 9.95. The highest BCUT2D eigenvalue weighted by atomic mass is 19.3. The number of H-pyrrole nitrogens is 1. The maximum Gasteiger partial charge on any atom is 0.319 e. The van der Waals surface area contributed by atoms with E-state index in [1.54, 1.807) is 19.3 Å². The summed E-state index contributed by atoms with van der Waals surface area (Å²) in [6.07, 6.45) is 6.40. The number of aromatic nitrogens is 5. The van der Waals surface area contributed by atoms with E-state index >= 15 is 0 Å². The molecule has 9 nitrogen and oxygen atoms in total. The Morgan fingerprint density at radius 3 is 2.74 bits per heavy atom. The highest BCUT2D eigenvalue weighted by Gasteiger charge is 2.51. The summed E-state index contributed by atoms with van der Waals surface area (Å²) in [6, 6.07) is 3.42. The van der Waals surface area contributed by atoms with Crippen LogP contribution in [-0.2, 0) is 0 Å². The van der Waals surface area contributed by atoms with Gasteiger partial charge < -0.3 is 15.0 Å². The average molecular weight is 579 g/mol. The van der Waals surface area contributed by atoms with Crippen LogP contribution in [0, 0.1) is 12.7 Å². The summed E-state index contributed by atoms with van der Waals surface area (Å²) in [4.78, 5) is 18.8. The lowest BCUT2D eigenvalue weighted by Crippen LogP contribution is -2.63. The van der Waals surface area contributed by atoms with Gasteiger partial charge in [0.1, 0.15) is 18.2 Å². The van der Waals surface area contributed by atoms with Gasteiger partial charge >= 0.3 is 6.01 Å². The quantitative estimate of drug-likeness (QED) is 0.343. The van der Waals surface area contributed by atoms with Gasteiger partial charge in [-0.15, -0.1) is 0 Å². The van der Waals surface area contributed by atoms with E-state index in [4.69, 9.17) is 19.7 Å². The molecule has 4 aliphatic heterocycles.